The first-order chi connectivity index (χ1) is 15.1. The molecule has 0 aliphatic carbocycles. The molecule has 3 rings (SSSR count). The summed E-state index contributed by atoms with van der Waals surface area (Å²) in [6, 6.07) is 22.1. The first-order valence-corrected chi connectivity index (χ1v) is 9.04. The Morgan fingerprint density at radius 1 is 0.774 bits per heavy atom. The predicted molar refractivity (Wildman–Crippen MR) is 122 cm³/mol. The molecule has 0 amide bonds. The van der Waals surface area contributed by atoms with Gasteiger partial charge in [0.15, 0.2) is 11.4 Å². The van der Waals surface area contributed by atoms with Gasteiger partial charge in [0.25, 0.3) is 0 Å². The summed E-state index contributed by atoms with van der Waals surface area (Å²) in [7, 11) is 0. The van der Waals surface area contributed by atoms with Crippen LogP contribution in [0, 0.1) is 30.3 Å². The molecular weight excluding hydrogens is 393 g/mol. The lowest BCUT2D eigenvalue weighted by Gasteiger charge is -2.09. The maximum Gasteiger partial charge on any atom is 0.187 e. The molecule has 31 heavy (non-hydrogen) atoms. The molecule has 8 heteroatoms. The van der Waals surface area contributed by atoms with E-state index in [9.17, 15) is 4.39 Å². The molecule has 3 aromatic carbocycles. The number of anilines is 2. The molecule has 0 unspecified atom stereocenters. The average Bonchev–Trinajstić information content (AvgIpc) is 2.81. The summed E-state index contributed by atoms with van der Waals surface area (Å²) in [5.74, 6) is -0.303. The van der Waals surface area contributed by atoms with Crippen LogP contribution in [0.1, 0.15) is 5.56 Å². The Kier molecular flexibility index (Phi) is 11.6. The van der Waals surface area contributed by atoms with Crippen LogP contribution in [-0.4, -0.2) is 13.3 Å². The fraction of sp³-hybridized carbons (Fsp3) is 0.0870. The van der Waals surface area contributed by atoms with Crippen LogP contribution >= 0.6 is 0 Å². The van der Waals surface area contributed by atoms with Gasteiger partial charge >= 0.3 is 0 Å². The lowest BCUT2D eigenvalue weighted by atomic mass is 10.2. The normalized spacial score (nSPS) is 8.65. The largest absolute Gasteiger partial charge is 0.368 e. The minimum atomic E-state index is -0.303. The van der Waals surface area contributed by atoms with Crippen molar-refractivity contribution >= 4 is 22.7 Å². The third-order valence-electron chi connectivity index (χ3n) is 3.55. The van der Waals surface area contributed by atoms with Crippen LogP contribution in [0.25, 0.3) is 9.69 Å². The van der Waals surface area contributed by atoms with Crippen molar-refractivity contribution in [3.8, 4) is 6.07 Å². The van der Waals surface area contributed by atoms with Gasteiger partial charge in [-0.1, -0.05) is 24.3 Å². The van der Waals surface area contributed by atoms with Crippen LogP contribution in [0.5, 0.6) is 0 Å². The number of hydrogen-bond acceptors (Lipinski definition) is 5. The van der Waals surface area contributed by atoms with Gasteiger partial charge in [-0.2, -0.15) is 5.26 Å². The summed E-state index contributed by atoms with van der Waals surface area (Å²) < 4.78 is 12.1. The Labute approximate surface area is 181 Å². The molecule has 0 fully saturated rings. The van der Waals surface area contributed by atoms with Crippen molar-refractivity contribution in [3.63, 3.8) is 0 Å². The topological polar surface area (TPSA) is 109 Å². The molecule has 7 nitrogen and oxygen atoms in total. The summed E-state index contributed by atoms with van der Waals surface area (Å²) in [5, 5.41) is 15.1. The minimum absolute atomic E-state index is 0.250. The monoisotopic (exact) mass is 415 g/mol. The van der Waals surface area contributed by atoms with Crippen molar-refractivity contribution in [1.29, 1.82) is 5.26 Å². The number of nitrogens with zero attached hydrogens (tertiary/aromatic N) is 3. The van der Waals surface area contributed by atoms with E-state index in [1.807, 2.05) is 24.3 Å². The Morgan fingerprint density at radius 2 is 1.16 bits per heavy atom. The zero-order valence-electron chi connectivity index (χ0n) is 16.7. The summed E-state index contributed by atoms with van der Waals surface area (Å²) in [6.07, 6.45) is 0. The lowest BCUT2D eigenvalue weighted by Crippen LogP contribution is -2.11. The second kappa shape index (κ2) is 14.6. The molecule has 6 N–H and O–H groups in total. The number of nitriles is 1. The zero-order valence-corrected chi connectivity index (χ0v) is 16.7. The van der Waals surface area contributed by atoms with Crippen molar-refractivity contribution < 1.29 is 4.39 Å². The number of rotatable bonds is 4. The van der Waals surface area contributed by atoms with E-state index in [1.54, 1.807) is 24.3 Å². The number of nitrogens with two attached hydrogens (primary N) is 2. The number of halogens is 1. The van der Waals surface area contributed by atoms with Crippen molar-refractivity contribution in [2.75, 3.05) is 24.0 Å². The van der Waals surface area contributed by atoms with E-state index in [4.69, 9.17) is 18.4 Å². The Hall–Kier alpha value is -4.42. The Balaban J connectivity index is 0.000000333. The minimum Gasteiger partial charge on any atom is -0.368 e. The third-order valence-corrected chi connectivity index (χ3v) is 3.55. The van der Waals surface area contributed by atoms with Gasteiger partial charge in [0.05, 0.1) is 31.4 Å². The Bertz CT molecular complexity index is 969. The molecule has 3 aromatic rings. The molecule has 0 heterocycles. The van der Waals surface area contributed by atoms with Crippen LogP contribution in [0.15, 0.2) is 72.8 Å². The lowest BCUT2D eigenvalue weighted by molar-refractivity contribution is 0.628. The SMILES string of the molecule is NCN.[C-]#[N+]c1ccc(F)cc1.[C-]#[N+]c1ccc(NCNc2ccc(C#N)cc2)cc1. The van der Waals surface area contributed by atoms with Crippen molar-refractivity contribution in [2.24, 2.45) is 11.5 Å². The van der Waals surface area contributed by atoms with E-state index in [0.717, 1.165) is 11.4 Å². The number of hydrogen-bond donors (Lipinski definition) is 4. The molecule has 0 aliphatic heterocycles. The smallest absolute Gasteiger partial charge is 0.187 e. The fourth-order valence-corrected chi connectivity index (χ4v) is 2.08. The molecule has 0 aliphatic rings. The number of nitrogens with one attached hydrogen (secondary N) is 2. The van der Waals surface area contributed by atoms with E-state index in [1.165, 1.54) is 24.3 Å². The van der Waals surface area contributed by atoms with Gasteiger partial charge in [-0.15, -0.1) is 0 Å². The molecule has 0 aromatic heterocycles. The molecule has 0 radical (unpaired) electrons. The maximum atomic E-state index is 12.1. The van der Waals surface area contributed by atoms with Gasteiger partial charge in [-0.25, -0.2) is 14.1 Å². The first-order valence-electron chi connectivity index (χ1n) is 9.04. The quantitative estimate of drug-likeness (QED) is 0.361. The van der Waals surface area contributed by atoms with Gasteiger partial charge in [-0.3, -0.25) is 0 Å². The zero-order chi connectivity index (χ0) is 22.9. The van der Waals surface area contributed by atoms with Crippen LogP contribution in [0.3, 0.4) is 0 Å². The van der Waals surface area contributed by atoms with Gasteiger partial charge in [0.2, 0.25) is 0 Å². The van der Waals surface area contributed by atoms with Gasteiger partial charge in [-0.05, 0) is 48.5 Å². The highest BCUT2D eigenvalue weighted by molar-refractivity contribution is 5.55. The molecule has 0 spiro atoms. The van der Waals surface area contributed by atoms with Crippen LogP contribution < -0.4 is 22.1 Å². The van der Waals surface area contributed by atoms with Gasteiger partial charge in [0.1, 0.15) is 5.82 Å². The number of benzene rings is 3. The van der Waals surface area contributed by atoms with Crippen LogP contribution in [0.4, 0.5) is 27.1 Å². The van der Waals surface area contributed by atoms with Gasteiger partial charge < -0.3 is 22.1 Å². The van der Waals surface area contributed by atoms with E-state index in [2.05, 4.69) is 37.9 Å². The molecule has 0 saturated carbocycles. The van der Waals surface area contributed by atoms with Gasteiger partial charge in [0, 0.05) is 18.0 Å². The molecular formula is C23H22FN7. The van der Waals surface area contributed by atoms with Crippen molar-refractivity contribution in [2.45, 2.75) is 0 Å². The standard InChI is InChI=1S/C15H12N4.C7H4FN.CH6N2/c1-17-13-6-8-15(9-7-13)19-11-18-14-4-2-12(10-16)3-5-14;1-9-7-4-2-6(8)3-5-7;2-1-3/h2-9,18-19H,11H2;2-5H;1-3H2. The van der Waals surface area contributed by atoms with E-state index < -0.39 is 0 Å². The second-order valence-corrected chi connectivity index (χ2v) is 5.70. The molecule has 0 bridgehead atoms. The molecule has 0 saturated heterocycles. The van der Waals surface area contributed by atoms with E-state index in [0.29, 0.717) is 23.6 Å². The van der Waals surface area contributed by atoms with Crippen molar-refractivity contribution in [1.82, 2.24) is 0 Å². The fourth-order valence-electron chi connectivity index (χ4n) is 2.08. The summed E-state index contributed by atoms with van der Waals surface area (Å²) in [5.41, 5.74) is 12.9. The summed E-state index contributed by atoms with van der Waals surface area (Å²) in [4.78, 5) is 6.43. The van der Waals surface area contributed by atoms with Crippen LogP contribution in [0.2, 0.25) is 0 Å². The second-order valence-electron chi connectivity index (χ2n) is 5.70. The maximum absolute atomic E-state index is 12.1. The summed E-state index contributed by atoms with van der Waals surface area (Å²) in [6.45, 7) is 14.2. The average molecular weight is 415 g/mol. The first kappa shape index (κ1) is 24.6. The van der Waals surface area contributed by atoms with Crippen molar-refractivity contribution in [3.05, 3.63) is 107 Å². The van der Waals surface area contributed by atoms with Crippen LogP contribution in [-0.2, 0) is 0 Å². The predicted octanol–water partition coefficient (Wildman–Crippen LogP) is 4.83. The highest BCUT2D eigenvalue weighted by Gasteiger charge is 1.94. The van der Waals surface area contributed by atoms with E-state index >= 15 is 0 Å². The highest BCUT2D eigenvalue weighted by Crippen LogP contribution is 2.16. The third kappa shape index (κ3) is 10.1. The highest BCUT2D eigenvalue weighted by atomic mass is 19.1. The molecule has 0 atom stereocenters. The van der Waals surface area contributed by atoms with E-state index in [-0.39, 0.29) is 12.5 Å². The molecule has 156 valence electrons. The summed E-state index contributed by atoms with van der Waals surface area (Å²) >= 11 is 0. The Morgan fingerprint density at radius 3 is 1.55 bits per heavy atom.